The van der Waals surface area contributed by atoms with E-state index in [1.54, 1.807) is 0 Å². The first-order valence-electron chi connectivity index (χ1n) is 9.50. The fourth-order valence-corrected chi connectivity index (χ4v) is 3.52. The molecule has 1 aromatic carbocycles. The Morgan fingerprint density at radius 2 is 1.84 bits per heavy atom. The van der Waals surface area contributed by atoms with E-state index in [-0.39, 0.29) is 16.9 Å². The maximum Gasteiger partial charge on any atom is 0.342 e. The molecule has 12 nitrogen and oxygen atoms in total. The maximum absolute atomic E-state index is 12.8. The number of hydrogen-bond acceptors (Lipinski definition) is 10. The van der Waals surface area contributed by atoms with Gasteiger partial charge in [0, 0.05) is 32.3 Å². The minimum absolute atomic E-state index is 0.210. The summed E-state index contributed by atoms with van der Waals surface area (Å²) < 4.78 is 18.1. The van der Waals surface area contributed by atoms with E-state index in [4.69, 9.17) is 14.2 Å². The number of phenolic OH excluding ortho intramolecular Hbond substituents is 2. The van der Waals surface area contributed by atoms with Crippen molar-refractivity contribution >= 4 is 11.9 Å². The first kappa shape index (κ1) is 23.0. The van der Waals surface area contributed by atoms with Gasteiger partial charge in [-0.2, -0.15) is 0 Å². The van der Waals surface area contributed by atoms with Crippen molar-refractivity contribution in [3.63, 3.8) is 0 Å². The summed E-state index contributed by atoms with van der Waals surface area (Å²) in [6.07, 6.45) is -4.10. The number of ether oxygens (including phenoxy) is 3. The minimum atomic E-state index is -1.36. The Morgan fingerprint density at radius 3 is 2.44 bits per heavy atom. The molecule has 32 heavy (non-hydrogen) atoms. The van der Waals surface area contributed by atoms with E-state index in [2.05, 4.69) is 0 Å². The smallest absolute Gasteiger partial charge is 0.342 e. The molecule has 0 saturated carbocycles. The lowest BCUT2D eigenvalue weighted by molar-refractivity contribution is -0.156. The van der Waals surface area contributed by atoms with E-state index in [1.807, 2.05) is 0 Å². The van der Waals surface area contributed by atoms with Crippen molar-refractivity contribution < 1.29 is 39.1 Å². The van der Waals surface area contributed by atoms with Crippen molar-refractivity contribution in [3.8, 4) is 11.5 Å². The van der Waals surface area contributed by atoms with Crippen molar-refractivity contribution in [2.75, 3.05) is 6.61 Å². The molecule has 4 atom stereocenters. The number of rotatable bonds is 5. The monoisotopic (exact) mass is 450 g/mol. The molecule has 0 amide bonds. The molecule has 2 heterocycles. The average molecular weight is 450 g/mol. The summed E-state index contributed by atoms with van der Waals surface area (Å²) in [5.41, 5.74) is -1.39. The van der Waals surface area contributed by atoms with Crippen LogP contribution in [0.4, 0.5) is 0 Å². The number of aromatic nitrogens is 2. The van der Waals surface area contributed by atoms with Crippen LogP contribution in [-0.4, -0.2) is 61.3 Å². The van der Waals surface area contributed by atoms with Crippen LogP contribution >= 0.6 is 0 Å². The molecule has 0 bridgehead atoms. The molecule has 0 aliphatic carbocycles. The third-order valence-corrected chi connectivity index (χ3v) is 5.00. The predicted molar refractivity (Wildman–Crippen MR) is 106 cm³/mol. The maximum atomic E-state index is 12.8. The summed E-state index contributed by atoms with van der Waals surface area (Å²) in [6, 6.07) is 3.29. The fraction of sp³-hybridized carbons (Fsp3) is 0.400. The van der Waals surface area contributed by atoms with Crippen LogP contribution in [0.5, 0.6) is 11.5 Å². The molecule has 3 N–H and O–H groups in total. The molecule has 1 aliphatic rings. The summed E-state index contributed by atoms with van der Waals surface area (Å²) in [5.74, 6) is -2.61. The van der Waals surface area contributed by atoms with E-state index in [1.165, 1.54) is 20.0 Å². The normalized spacial score (nSPS) is 22.5. The molecule has 0 spiro atoms. The molecule has 3 rings (SSSR count). The second kappa shape index (κ2) is 8.85. The lowest BCUT2D eigenvalue weighted by Crippen LogP contribution is -2.44. The summed E-state index contributed by atoms with van der Waals surface area (Å²) in [4.78, 5) is 48.8. The summed E-state index contributed by atoms with van der Waals surface area (Å²) in [7, 11) is 1.24. The summed E-state index contributed by atoms with van der Waals surface area (Å²) in [6.45, 7) is 1.90. The number of esters is 2. The molecule has 1 aromatic heterocycles. The van der Waals surface area contributed by atoms with Gasteiger partial charge >= 0.3 is 17.6 Å². The SMILES string of the molecule is CC(=O)OC1C(OC(=O)c2c(C)cc(O)cc2O)C(CO)OC1n1ccc(=O)n(C)c1=O. The number of carbonyl (C=O) groups is 2. The zero-order chi connectivity index (χ0) is 23.7. The van der Waals surface area contributed by atoms with Crippen molar-refractivity contribution in [2.45, 2.75) is 38.4 Å². The van der Waals surface area contributed by atoms with Crippen LogP contribution in [0.15, 0.2) is 34.0 Å². The first-order chi connectivity index (χ1) is 15.0. The highest BCUT2D eigenvalue weighted by Gasteiger charge is 2.50. The van der Waals surface area contributed by atoms with E-state index in [0.29, 0.717) is 0 Å². The number of aryl methyl sites for hydroxylation is 1. The molecule has 1 saturated heterocycles. The molecular formula is C20H22N2O10. The quantitative estimate of drug-likeness (QED) is 0.496. The van der Waals surface area contributed by atoms with E-state index < -0.39 is 60.1 Å². The van der Waals surface area contributed by atoms with E-state index in [0.717, 1.165) is 34.4 Å². The minimum Gasteiger partial charge on any atom is -0.508 e. The zero-order valence-electron chi connectivity index (χ0n) is 17.4. The lowest BCUT2D eigenvalue weighted by Gasteiger charge is -2.24. The number of phenols is 2. The van der Waals surface area contributed by atoms with Gasteiger partial charge in [-0.15, -0.1) is 0 Å². The highest BCUT2D eigenvalue weighted by Crippen LogP contribution is 2.35. The van der Waals surface area contributed by atoms with Crippen LogP contribution < -0.4 is 11.2 Å². The van der Waals surface area contributed by atoms with Crippen LogP contribution in [-0.2, 0) is 26.1 Å². The van der Waals surface area contributed by atoms with Crippen LogP contribution in [0.25, 0.3) is 0 Å². The number of benzene rings is 1. The number of aromatic hydroxyl groups is 2. The number of aliphatic hydroxyl groups is 1. The Labute approximate surface area is 180 Å². The van der Waals surface area contributed by atoms with Gasteiger partial charge in [0.25, 0.3) is 5.56 Å². The number of aliphatic hydroxyl groups excluding tert-OH is 1. The average Bonchev–Trinajstić information content (AvgIpc) is 3.02. The molecule has 172 valence electrons. The van der Waals surface area contributed by atoms with Crippen LogP contribution in [0, 0.1) is 6.92 Å². The molecule has 4 unspecified atom stereocenters. The van der Waals surface area contributed by atoms with Gasteiger partial charge in [0.05, 0.1) is 6.61 Å². The van der Waals surface area contributed by atoms with Gasteiger partial charge < -0.3 is 29.5 Å². The molecular weight excluding hydrogens is 428 g/mol. The van der Waals surface area contributed by atoms with Gasteiger partial charge in [-0.05, 0) is 18.6 Å². The third-order valence-electron chi connectivity index (χ3n) is 5.00. The number of carbonyl (C=O) groups excluding carboxylic acids is 2. The first-order valence-corrected chi connectivity index (χ1v) is 9.50. The van der Waals surface area contributed by atoms with E-state index in [9.17, 15) is 34.5 Å². The van der Waals surface area contributed by atoms with Gasteiger partial charge in [-0.3, -0.25) is 18.7 Å². The summed E-state index contributed by atoms with van der Waals surface area (Å²) in [5, 5.41) is 29.4. The zero-order valence-corrected chi connectivity index (χ0v) is 17.4. The van der Waals surface area contributed by atoms with Crippen molar-refractivity contribution in [1.82, 2.24) is 9.13 Å². The standard InChI is InChI=1S/C20H22N2O10/c1-9-6-11(25)7-12(26)15(9)19(28)32-16-13(8-23)31-18(17(16)30-10(2)24)22-5-4-14(27)21(3)20(22)29/h4-7,13,16-18,23,25-26H,8H2,1-3H3. The topological polar surface area (TPSA) is 167 Å². The summed E-state index contributed by atoms with van der Waals surface area (Å²) >= 11 is 0. The van der Waals surface area contributed by atoms with Gasteiger partial charge in [0.15, 0.2) is 18.4 Å². The van der Waals surface area contributed by atoms with Crippen molar-refractivity contribution in [1.29, 1.82) is 0 Å². The molecule has 1 fully saturated rings. The number of nitrogens with zero attached hydrogens (tertiary/aromatic N) is 2. The van der Waals surface area contributed by atoms with Gasteiger partial charge in [0.1, 0.15) is 23.2 Å². The van der Waals surface area contributed by atoms with Crippen LogP contribution in [0.2, 0.25) is 0 Å². The molecule has 2 aromatic rings. The van der Waals surface area contributed by atoms with Crippen LogP contribution in [0.3, 0.4) is 0 Å². The van der Waals surface area contributed by atoms with Gasteiger partial charge in [-0.1, -0.05) is 0 Å². The van der Waals surface area contributed by atoms with Crippen molar-refractivity contribution in [3.05, 3.63) is 56.4 Å². The highest BCUT2D eigenvalue weighted by molar-refractivity contribution is 5.94. The fourth-order valence-electron chi connectivity index (χ4n) is 3.52. The van der Waals surface area contributed by atoms with E-state index >= 15 is 0 Å². The Bertz CT molecular complexity index is 1140. The molecule has 1 aliphatic heterocycles. The number of hydrogen-bond donors (Lipinski definition) is 3. The second-order valence-corrected chi connectivity index (χ2v) is 7.25. The Morgan fingerprint density at radius 1 is 1.16 bits per heavy atom. The van der Waals surface area contributed by atoms with Gasteiger partial charge in [-0.25, -0.2) is 9.59 Å². The highest BCUT2D eigenvalue weighted by atomic mass is 16.6. The third kappa shape index (κ3) is 4.22. The Kier molecular flexibility index (Phi) is 6.37. The second-order valence-electron chi connectivity index (χ2n) is 7.25. The Balaban J connectivity index is 2.01. The molecule has 0 radical (unpaired) electrons. The Hall–Kier alpha value is -3.64. The predicted octanol–water partition coefficient (Wildman–Crippen LogP) is -0.686. The molecule has 12 heteroatoms. The van der Waals surface area contributed by atoms with Crippen molar-refractivity contribution in [2.24, 2.45) is 7.05 Å². The largest absolute Gasteiger partial charge is 0.508 e. The van der Waals surface area contributed by atoms with Gasteiger partial charge in [0.2, 0.25) is 0 Å². The lowest BCUT2D eigenvalue weighted by atomic mass is 10.1. The van der Waals surface area contributed by atoms with Crippen LogP contribution in [0.1, 0.15) is 29.1 Å².